The average Bonchev–Trinajstić information content (AvgIpc) is 2.77. The summed E-state index contributed by atoms with van der Waals surface area (Å²) in [7, 11) is 0. The van der Waals surface area contributed by atoms with Gasteiger partial charge in [0, 0.05) is 11.6 Å². The first-order valence-electron chi connectivity index (χ1n) is 5.18. The van der Waals surface area contributed by atoms with Crippen molar-refractivity contribution in [2.24, 2.45) is 0 Å². The molecule has 6 heteroatoms. The monoisotopic (exact) mass is 239 g/mol. The van der Waals surface area contributed by atoms with Crippen molar-refractivity contribution in [1.82, 2.24) is 15.2 Å². The Morgan fingerprint density at radius 2 is 2.44 bits per heavy atom. The number of carbonyl (C=O) groups excluding carboxylic acids is 2. The van der Waals surface area contributed by atoms with Crippen molar-refractivity contribution in [2.45, 2.75) is 25.9 Å². The molecular formula is C10H13N3O2S. The maximum Gasteiger partial charge on any atom is 0.243 e. The third kappa shape index (κ3) is 2.06. The number of rotatable bonds is 3. The number of nitrogens with zero attached hydrogens (tertiary/aromatic N) is 2. The Balaban J connectivity index is 2.15. The zero-order valence-corrected chi connectivity index (χ0v) is 9.79. The summed E-state index contributed by atoms with van der Waals surface area (Å²) in [5, 5.41) is 5.32. The van der Waals surface area contributed by atoms with E-state index in [0.29, 0.717) is 13.0 Å². The van der Waals surface area contributed by atoms with Crippen LogP contribution in [-0.4, -0.2) is 34.3 Å². The Kier molecular flexibility index (Phi) is 3.19. The molecule has 0 saturated carbocycles. The SMILES string of the molecule is CCC1C(=O)NCC(=O)N1Cc1nccs1. The predicted molar refractivity (Wildman–Crippen MR) is 59.8 cm³/mol. The van der Waals surface area contributed by atoms with E-state index in [9.17, 15) is 9.59 Å². The fourth-order valence-corrected chi connectivity index (χ4v) is 2.39. The fraction of sp³-hybridized carbons (Fsp3) is 0.500. The van der Waals surface area contributed by atoms with Crippen LogP contribution in [-0.2, 0) is 16.1 Å². The summed E-state index contributed by atoms with van der Waals surface area (Å²) in [6.45, 7) is 2.43. The van der Waals surface area contributed by atoms with Crippen LogP contribution in [0.3, 0.4) is 0 Å². The lowest BCUT2D eigenvalue weighted by Gasteiger charge is -2.33. The van der Waals surface area contributed by atoms with Crippen LogP contribution in [0.4, 0.5) is 0 Å². The molecule has 1 aromatic heterocycles. The van der Waals surface area contributed by atoms with Gasteiger partial charge >= 0.3 is 0 Å². The molecule has 0 aromatic carbocycles. The summed E-state index contributed by atoms with van der Waals surface area (Å²) >= 11 is 1.50. The highest BCUT2D eigenvalue weighted by Crippen LogP contribution is 2.15. The van der Waals surface area contributed by atoms with E-state index < -0.39 is 0 Å². The van der Waals surface area contributed by atoms with E-state index in [-0.39, 0.29) is 24.4 Å². The molecule has 0 spiro atoms. The van der Waals surface area contributed by atoms with Crippen LogP contribution >= 0.6 is 11.3 Å². The van der Waals surface area contributed by atoms with Crippen LogP contribution in [0, 0.1) is 0 Å². The average molecular weight is 239 g/mol. The van der Waals surface area contributed by atoms with Crippen molar-refractivity contribution in [3.05, 3.63) is 16.6 Å². The Morgan fingerprint density at radius 3 is 3.06 bits per heavy atom. The topological polar surface area (TPSA) is 62.3 Å². The minimum absolute atomic E-state index is 0.0401. The van der Waals surface area contributed by atoms with Crippen molar-refractivity contribution < 1.29 is 9.59 Å². The molecule has 1 aliphatic heterocycles. The molecule has 1 aliphatic rings. The number of aromatic nitrogens is 1. The highest BCUT2D eigenvalue weighted by Gasteiger charge is 2.33. The second-order valence-electron chi connectivity index (χ2n) is 3.59. The van der Waals surface area contributed by atoms with Gasteiger partial charge in [0.05, 0.1) is 13.1 Å². The lowest BCUT2D eigenvalue weighted by atomic mass is 10.1. The second kappa shape index (κ2) is 4.61. The van der Waals surface area contributed by atoms with Crippen LogP contribution in [0.25, 0.3) is 0 Å². The molecule has 1 aromatic rings. The molecular weight excluding hydrogens is 226 g/mol. The van der Waals surface area contributed by atoms with Gasteiger partial charge in [-0.2, -0.15) is 0 Å². The summed E-state index contributed by atoms with van der Waals surface area (Å²) in [5.41, 5.74) is 0. The van der Waals surface area contributed by atoms with Gasteiger partial charge in [-0.05, 0) is 6.42 Å². The first kappa shape index (κ1) is 11.1. The number of hydrogen-bond donors (Lipinski definition) is 1. The standard InChI is InChI=1S/C10H13N3O2S/c1-2-7-10(15)12-5-9(14)13(7)6-8-11-3-4-16-8/h3-4,7H,2,5-6H2,1H3,(H,12,15). The molecule has 16 heavy (non-hydrogen) atoms. The fourth-order valence-electron chi connectivity index (χ4n) is 1.78. The molecule has 86 valence electrons. The second-order valence-corrected chi connectivity index (χ2v) is 4.57. The highest BCUT2D eigenvalue weighted by molar-refractivity contribution is 7.09. The summed E-state index contributed by atoms with van der Waals surface area (Å²) in [4.78, 5) is 29.1. The van der Waals surface area contributed by atoms with E-state index in [2.05, 4.69) is 10.3 Å². The summed E-state index contributed by atoms with van der Waals surface area (Å²) in [6.07, 6.45) is 2.33. The van der Waals surface area contributed by atoms with Crippen molar-refractivity contribution in [3.63, 3.8) is 0 Å². The minimum Gasteiger partial charge on any atom is -0.345 e. The van der Waals surface area contributed by atoms with Gasteiger partial charge in [0.15, 0.2) is 0 Å². The smallest absolute Gasteiger partial charge is 0.243 e. The molecule has 1 unspecified atom stereocenters. The van der Waals surface area contributed by atoms with Crippen LogP contribution in [0.2, 0.25) is 0 Å². The van der Waals surface area contributed by atoms with Gasteiger partial charge < -0.3 is 10.2 Å². The molecule has 0 radical (unpaired) electrons. The molecule has 1 fully saturated rings. The minimum atomic E-state index is -0.356. The zero-order valence-electron chi connectivity index (χ0n) is 8.97. The first-order valence-corrected chi connectivity index (χ1v) is 6.06. The van der Waals surface area contributed by atoms with Crippen molar-refractivity contribution in [2.75, 3.05) is 6.54 Å². The predicted octanol–water partition coefficient (Wildman–Crippen LogP) is 0.380. The van der Waals surface area contributed by atoms with Crippen molar-refractivity contribution in [3.8, 4) is 0 Å². The third-order valence-electron chi connectivity index (χ3n) is 2.59. The number of piperazine rings is 1. The number of thiazole rings is 1. The van der Waals surface area contributed by atoms with Gasteiger partial charge in [0.2, 0.25) is 11.8 Å². The van der Waals surface area contributed by atoms with Crippen LogP contribution < -0.4 is 5.32 Å². The Morgan fingerprint density at radius 1 is 1.62 bits per heavy atom. The summed E-state index contributed by atoms with van der Waals surface area (Å²) < 4.78 is 0. The van der Waals surface area contributed by atoms with E-state index in [1.807, 2.05) is 12.3 Å². The van der Waals surface area contributed by atoms with Gasteiger partial charge in [-0.25, -0.2) is 4.98 Å². The Hall–Kier alpha value is -1.43. The number of hydrogen-bond acceptors (Lipinski definition) is 4. The van der Waals surface area contributed by atoms with Crippen LogP contribution in [0.5, 0.6) is 0 Å². The van der Waals surface area contributed by atoms with Gasteiger partial charge in [0.25, 0.3) is 0 Å². The number of carbonyl (C=O) groups is 2. The maximum absolute atomic E-state index is 11.7. The van der Waals surface area contributed by atoms with E-state index >= 15 is 0 Å². The van der Waals surface area contributed by atoms with Crippen molar-refractivity contribution >= 4 is 23.2 Å². The van der Waals surface area contributed by atoms with Crippen LogP contribution in [0.15, 0.2) is 11.6 Å². The molecule has 1 saturated heterocycles. The largest absolute Gasteiger partial charge is 0.345 e. The molecule has 0 bridgehead atoms. The molecule has 2 amide bonds. The Labute approximate surface area is 97.5 Å². The van der Waals surface area contributed by atoms with Gasteiger partial charge in [0.1, 0.15) is 11.0 Å². The lowest BCUT2D eigenvalue weighted by molar-refractivity contribution is -0.146. The maximum atomic E-state index is 11.7. The van der Waals surface area contributed by atoms with E-state index in [4.69, 9.17) is 0 Å². The first-order chi connectivity index (χ1) is 7.72. The number of nitrogens with one attached hydrogen (secondary N) is 1. The molecule has 0 aliphatic carbocycles. The molecule has 2 heterocycles. The molecule has 5 nitrogen and oxygen atoms in total. The van der Waals surface area contributed by atoms with Gasteiger partial charge in [-0.1, -0.05) is 6.92 Å². The lowest BCUT2D eigenvalue weighted by Crippen LogP contribution is -2.57. The highest BCUT2D eigenvalue weighted by atomic mass is 32.1. The zero-order chi connectivity index (χ0) is 11.5. The molecule has 2 rings (SSSR count). The molecule has 1 atom stereocenters. The van der Waals surface area contributed by atoms with Gasteiger partial charge in [-0.3, -0.25) is 9.59 Å². The molecule has 1 N–H and O–H groups in total. The number of amides is 2. The van der Waals surface area contributed by atoms with Gasteiger partial charge in [-0.15, -0.1) is 11.3 Å². The van der Waals surface area contributed by atoms with Crippen LogP contribution in [0.1, 0.15) is 18.4 Å². The van der Waals surface area contributed by atoms with Crippen molar-refractivity contribution in [1.29, 1.82) is 0 Å². The summed E-state index contributed by atoms with van der Waals surface area (Å²) in [6, 6.07) is -0.356. The normalized spacial score (nSPS) is 21.1. The quantitative estimate of drug-likeness (QED) is 0.829. The third-order valence-corrected chi connectivity index (χ3v) is 3.35. The van der Waals surface area contributed by atoms with E-state index in [1.165, 1.54) is 11.3 Å². The van der Waals surface area contributed by atoms with E-state index in [0.717, 1.165) is 5.01 Å². The van der Waals surface area contributed by atoms with E-state index in [1.54, 1.807) is 11.1 Å². The summed E-state index contributed by atoms with van der Waals surface area (Å²) in [5.74, 6) is -0.111. The Bertz CT molecular complexity index is 391.